The molecule has 0 aliphatic rings. The maximum absolute atomic E-state index is 8.96. The van der Waals surface area contributed by atoms with Gasteiger partial charge in [0.25, 0.3) is 0 Å². The number of aliphatic hydroxyl groups is 1. The molecule has 0 aliphatic carbocycles. The fourth-order valence-electron chi connectivity index (χ4n) is 2.85. The van der Waals surface area contributed by atoms with E-state index in [9.17, 15) is 0 Å². The highest BCUT2D eigenvalue weighted by molar-refractivity contribution is 6.35. The van der Waals surface area contributed by atoms with E-state index in [4.69, 9.17) is 33.0 Å². The molecule has 0 heterocycles. The molecule has 0 amide bonds. The lowest BCUT2D eigenvalue weighted by Gasteiger charge is -2.15. The summed E-state index contributed by atoms with van der Waals surface area (Å²) in [6.07, 6.45) is 0.724. The molecule has 136 valence electrons. The van der Waals surface area contributed by atoms with Crippen LogP contribution in [-0.4, -0.2) is 18.3 Å². The van der Waals surface area contributed by atoms with Crippen molar-refractivity contribution >= 4 is 34.0 Å². The van der Waals surface area contributed by atoms with Crippen LogP contribution in [0.15, 0.2) is 54.6 Å². The highest BCUT2D eigenvalue weighted by Gasteiger charge is 2.10. The van der Waals surface area contributed by atoms with E-state index in [1.165, 1.54) is 5.39 Å². The molecule has 0 unspecified atom stereocenters. The van der Waals surface area contributed by atoms with Gasteiger partial charge in [-0.2, -0.15) is 0 Å². The van der Waals surface area contributed by atoms with Gasteiger partial charge < -0.3 is 15.2 Å². The Morgan fingerprint density at radius 3 is 2.65 bits per heavy atom. The molecule has 2 N–H and O–H groups in total. The zero-order chi connectivity index (χ0) is 18.4. The standard InChI is InChI=1S/C21H21Cl2NO2/c22-17-8-6-16(20(23)12-17)14-26-21-9-7-15-4-1-2-5-18(15)19(21)13-24-10-3-11-25/h1-2,4-9,12,24-25H,3,10-11,13-14H2. The summed E-state index contributed by atoms with van der Waals surface area (Å²) in [7, 11) is 0. The largest absolute Gasteiger partial charge is 0.488 e. The highest BCUT2D eigenvalue weighted by atomic mass is 35.5. The Labute approximate surface area is 163 Å². The summed E-state index contributed by atoms with van der Waals surface area (Å²) in [5.41, 5.74) is 1.99. The van der Waals surface area contributed by atoms with Crippen LogP contribution >= 0.6 is 23.2 Å². The lowest BCUT2D eigenvalue weighted by molar-refractivity contribution is 0.285. The summed E-state index contributed by atoms with van der Waals surface area (Å²) in [5.74, 6) is 0.825. The molecular weight excluding hydrogens is 369 g/mol. The Bertz CT molecular complexity index is 883. The van der Waals surface area contributed by atoms with Gasteiger partial charge in [-0.15, -0.1) is 0 Å². The monoisotopic (exact) mass is 389 g/mol. The smallest absolute Gasteiger partial charge is 0.124 e. The van der Waals surface area contributed by atoms with E-state index in [2.05, 4.69) is 23.5 Å². The van der Waals surface area contributed by atoms with Crippen LogP contribution in [0.5, 0.6) is 5.75 Å². The molecule has 0 fully saturated rings. The van der Waals surface area contributed by atoms with Crippen LogP contribution in [0.2, 0.25) is 10.0 Å². The summed E-state index contributed by atoms with van der Waals surface area (Å²) in [6.45, 7) is 1.98. The maximum Gasteiger partial charge on any atom is 0.124 e. The predicted octanol–water partition coefficient (Wildman–Crippen LogP) is 5.20. The quantitative estimate of drug-likeness (QED) is 0.520. The first-order valence-corrected chi connectivity index (χ1v) is 9.33. The molecule has 26 heavy (non-hydrogen) atoms. The third-order valence-corrected chi connectivity index (χ3v) is 4.80. The van der Waals surface area contributed by atoms with Gasteiger partial charge in [0, 0.05) is 34.3 Å². The number of halogens is 2. The maximum atomic E-state index is 8.96. The average molecular weight is 390 g/mol. The van der Waals surface area contributed by atoms with Gasteiger partial charge in [0.1, 0.15) is 12.4 Å². The molecule has 5 heteroatoms. The average Bonchev–Trinajstić information content (AvgIpc) is 2.65. The van der Waals surface area contributed by atoms with Crippen LogP contribution in [0.25, 0.3) is 10.8 Å². The van der Waals surface area contributed by atoms with Crippen molar-refractivity contribution in [1.82, 2.24) is 5.32 Å². The van der Waals surface area contributed by atoms with Gasteiger partial charge in [0.15, 0.2) is 0 Å². The molecule has 0 atom stereocenters. The van der Waals surface area contributed by atoms with E-state index < -0.39 is 0 Å². The van der Waals surface area contributed by atoms with Gasteiger partial charge in [-0.1, -0.05) is 59.6 Å². The SMILES string of the molecule is OCCCNCc1c(OCc2ccc(Cl)cc2Cl)ccc2ccccc12. The van der Waals surface area contributed by atoms with Gasteiger partial charge in [-0.25, -0.2) is 0 Å². The van der Waals surface area contributed by atoms with Gasteiger partial charge in [-0.05, 0) is 41.9 Å². The number of aliphatic hydroxyl groups excluding tert-OH is 1. The fraction of sp³-hybridized carbons (Fsp3) is 0.238. The molecule has 0 bridgehead atoms. The third kappa shape index (κ3) is 4.68. The molecule has 3 aromatic rings. The molecule has 0 radical (unpaired) electrons. The van der Waals surface area contributed by atoms with Crippen LogP contribution in [0, 0.1) is 0 Å². The highest BCUT2D eigenvalue weighted by Crippen LogP contribution is 2.30. The lowest BCUT2D eigenvalue weighted by Crippen LogP contribution is -2.16. The molecule has 3 nitrogen and oxygen atoms in total. The first kappa shape index (κ1) is 19.0. The predicted molar refractivity (Wildman–Crippen MR) is 108 cm³/mol. The lowest BCUT2D eigenvalue weighted by atomic mass is 10.0. The molecular formula is C21H21Cl2NO2. The topological polar surface area (TPSA) is 41.5 Å². The molecule has 3 rings (SSSR count). The van der Waals surface area contributed by atoms with Crippen molar-refractivity contribution in [2.75, 3.05) is 13.2 Å². The van der Waals surface area contributed by atoms with E-state index in [0.717, 1.165) is 35.2 Å². The molecule has 0 saturated carbocycles. The van der Waals surface area contributed by atoms with Gasteiger partial charge in [-0.3, -0.25) is 0 Å². The Hall–Kier alpha value is -1.78. The minimum atomic E-state index is 0.182. The fourth-order valence-corrected chi connectivity index (χ4v) is 3.31. The zero-order valence-corrected chi connectivity index (χ0v) is 15.9. The van der Waals surface area contributed by atoms with Crippen LogP contribution in [0.1, 0.15) is 17.5 Å². The van der Waals surface area contributed by atoms with Crippen molar-refractivity contribution in [2.45, 2.75) is 19.6 Å². The summed E-state index contributed by atoms with van der Waals surface area (Å²) >= 11 is 12.2. The normalized spacial score (nSPS) is 11.0. The van der Waals surface area contributed by atoms with Crippen molar-refractivity contribution < 1.29 is 9.84 Å². The molecule has 0 aromatic heterocycles. The van der Waals surface area contributed by atoms with Crippen LogP contribution < -0.4 is 10.1 Å². The van der Waals surface area contributed by atoms with Crippen molar-refractivity contribution in [2.24, 2.45) is 0 Å². The second kappa shape index (κ2) is 9.24. The molecule has 0 spiro atoms. The number of rotatable bonds is 8. The number of hydrogen-bond acceptors (Lipinski definition) is 3. The molecule has 0 aliphatic heterocycles. The number of benzene rings is 3. The summed E-state index contributed by atoms with van der Waals surface area (Å²) in [6, 6.07) is 17.7. The second-order valence-electron chi connectivity index (χ2n) is 6.04. The van der Waals surface area contributed by atoms with E-state index in [0.29, 0.717) is 23.2 Å². The van der Waals surface area contributed by atoms with Crippen LogP contribution in [-0.2, 0) is 13.2 Å². The van der Waals surface area contributed by atoms with Gasteiger partial charge >= 0.3 is 0 Å². The van der Waals surface area contributed by atoms with Crippen molar-refractivity contribution in [3.05, 3.63) is 75.8 Å². The summed E-state index contributed by atoms with van der Waals surface area (Å²) in [5, 5.41) is 15.9. The summed E-state index contributed by atoms with van der Waals surface area (Å²) < 4.78 is 6.09. The number of ether oxygens (including phenoxy) is 1. The van der Waals surface area contributed by atoms with Crippen molar-refractivity contribution in [1.29, 1.82) is 0 Å². The van der Waals surface area contributed by atoms with Gasteiger partial charge in [0.2, 0.25) is 0 Å². The molecule has 3 aromatic carbocycles. The number of hydrogen-bond donors (Lipinski definition) is 2. The van der Waals surface area contributed by atoms with E-state index in [-0.39, 0.29) is 6.61 Å². The Kier molecular flexibility index (Phi) is 6.75. The van der Waals surface area contributed by atoms with Crippen LogP contribution in [0.3, 0.4) is 0 Å². The van der Waals surface area contributed by atoms with Gasteiger partial charge in [0.05, 0.1) is 0 Å². The summed E-state index contributed by atoms with van der Waals surface area (Å²) in [4.78, 5) is 0. The van der Waals surface area contributed by atoms with E-state index in [1.807, 2.05) is 30.3 Å². The van der Waals surface area contributed by atoms with Crippen LogP contribution in [0.4, 0.5) is 0 Å². The minimum absolute atomic E-state index is 0.182. The van der Waals surface area contributed by atoms with E-state index >= 15 is 0 Å². The molecule has 0 saturated heterocycles. The minimum Gasteiger partial charge on any atom is -0.488 e. The Balaban J connectivity index is 1.83. The van der Waals surface area contributed by atoms with Crippen molar-refractivity contribution in [3.8, 4) is 5.75 Å². The number of nitrogens with one attached hydrogen (secondary N) is 1. The second-order valence-corrected chi connectivity index (χ2v) is 6.89. The van der Waals surface area contributed by atoms with Crippen molar-refractivity contribution in [3.63, 3.8) is 0 Å². The Morgan fingerprint density at radius 2 is 1.85 bits per heavy atom. The Morgan fingerprint density at radius 1 is 1.00 bits per heavy atom. The third-order valence-electron chi connectivity index (χ3n) is 4.21. The first-order valence-electron chi connectivity index (χ1n) is 8.58. The number of fused-ring (bicyclic) bond motifs is 1. The first-order chi connectivity index (χ1) is 12.7. The van der Waals surface area contributed by atoms with E-state index in [1.54, 1.807) is 6.07 Å². The zero-order valence-electron chi connectivity index (χ0n) is 14.3.